The van der Waals surface area contributed by atoms with Gasteiger partial charge in [-0.2, -0.15) is 0 Å². The van der Waals surface area contributed by atoms with Crippen LogP contribution in [0.3, 0.4) is 0 Å². The van der Waals surface area contributed by atoms with Gasteiger partial charge in [-0.05, 0) is 59.2 Å². The maximum absolute atomic E-state index is 12.1. The largest absolute Gasteiger partial charge is 0.508 e. The van der Waals surface area contributed by atoms with Crippen LogP contribution in [-0.4, -0.2) is 38.3 Å². The van der Waals surface area contributed by atoms with E-state index in [1.165, 1.54) is 13.8 Å². The lowest BCUT2D eigenvalue weighted by atomic mass is 9.84. The zero-order valence-electron chi connectivity index (χ0n) is 21.1. The zero-order valence-corrected chi connectivity index (χ0v) is 22.3. The normalized spacial score (nSPS) is 14.0. The monoisotopic (exact) mass is 515 g/mol. The maximum atomic E-state index is 12.1. The first-order valence-corrected chi connectivity index (χ1v) is 12.9. The molecule has 2 bridgehead atoms. The lowest BCUT2D eigenvalue weighted by molar-refractivity contribution is -0.126. The standard InChI is InChI=1S/C19H16O2.C13H10NO2.Al/c1-12(20)18(13(2)21)19-16-9-5-3-7-14(16)11-15-8-4-6-10-17(15)19;15-11-7-2-1-4-8(11)12-9-5-3-6-10(14-12)13(9)16;/h3-11,18H,1-2H3;1-7,12,15-16H;/q;-1;+1. The molecule has 186 valence electrons. The van der Waals surface area contributed by atoms with Gasteiger partial charge in [-0.25, -0.2) is 0 Å². The quantitative estimate of drug-likeness (QED) is 0.166. The van der Waals surface area contributed by atoms with E-state index in [0.29, 0.717) is 0 Å². The van der Waals surface area contributed by atoms with Crippen molar-refractivity contribution in [3.05, 3.63) is 114 Å². The molecule has 0 aromatic heterocycles. The first-order chi connectivity index (χ1) is 18.3. The highest BCUT2D eigenvalue weighted by molar-refractivity contribution is 6.20. The number of carbonyl (C=O) groups excluding carboxylic acids is 2. The number of ketones is 2. The van der Waals surface area contributed by atoms with Gasteiger partial charge in [-0.15, -0.1) is 0 Å². The van der Waals surface area contributed by atoms with Crippen LogP contribution >= 0.6 is 0 Å². The summed E-state index contributed by atoms with van der Waals surface area (Å²) in [6.07, 6.45) is 0. The summed E-state index contributed by atoms with van der Waals surface area (Å²) in [5.41, 5.74) is 3.21. The number of Topliss-reactive ketones (excluding diaryl/α,β-unsaturated/α-hetero) is 2. The van der Waals surface area contributed by atoms with Crippen LogP contribution in [0.4, 0.5) is 5.69 Å². The Bertz CT molecular complexity index is 1630. The van der Waals surface area contributed by atoms with Gasteiger partial charge in [0.25, 0.3) is 0 Å². The molecular formula is C32H26AlNO4. The van der Waals surface area contributed by atoms with Gasteiger partial charge in [0.15, 0.2) is 0 Å². The van der Waals surface area contributed by atoms with Gasteiger partial charge < -0.3 is 14.1 Å². The van der Waals surface area contributed by atoms with E-state index in [9.17, 15) is 19.8 Å². The Morgan fingerprint density at radius 1 is 0.737 bits per heavy atom. The highest BCUT2D eigenvalue weighted by Gasteiger charge is 2.31. The minimum Gasteiger partial charge on any atom is -0.508 e. The Morgan fingerprint density at radius 3 is 1.82 bits per heavy atom. The number of rotatable bonds is 4. The molecule has 1 aliphatic heterocycles. The van der Waals surface area contributed by atoms with Crippen molar-refractivity contribution < 1.29 is 19.8 Å². The number of phenols is 2. The Labute approximate surface area is 229 Å². The van der Waals surface area contributed by atoms with Crippen LogP contribution in [0.5, 0.6) is 11.5 Å². The summed E-state index contributed by atoms with van der Waals surface area (Å²) in [5.74, 6) is -0.378. The summed E-state index contributed by atoms with van der Waals surface area (Å²) >= 11 is 2.59. The van der Waals surface area contributed by atoms with Crippen LogP contribution in [0, 0.1) is 0 Å². The minimum absolute atomic E-state index is 0.107. The fraction of sp³-hybridized carbons (Fsp3) is 0.125. The van der Waals surface area contributed by atoms with Gasteiger partial charge in [0.2, 0.25) is 0 Å². The van der Waals surface area contributed by atoms with Crippen molar-refractivity contribution >= 4 is 55.3 Å². The fourth-order valence-corrected chi connectivity index (χ4v) is 5.88. The fourth-order valence-electron chi connectivity index (χ4n) is 5.36. The molecule has 5 nitrogen and oxygen atoms in total. The minimum atomic E-state index is -0.694. The second-order valence-electron chi connectivity index (χ2n) is 9.47. The van der Waals surface area contributed by atoms with E-state index in [-0.39, 0.29) is 29.1 Å². The molecule has 0 spiro atoms. The van der Waals surface area contributed by atoms with Gasteiger partial charge in [0.05, 0.1) is 11.7 Å². The van der Waals surface area contributed by atoms with E-state index in [1.54, 1.807) is 12.1 Å². The molecule has 1 heterocycles. The number of benzene rings is 5. The van der Waals surface area contributed by atoms with E-state index in [4.69, 9.17) is 0 Å². The lowest BCUT2D eigenvalue weighted by Gasteiger charge is -2.25. The van der Waals surface area contributed by atoms with Crippen molar-refractivity contribution in [2.24, 2.45) is 0 Å². The number of para-hydroxylation sites is 2. The predicted octanol–water partition coefficient (Wildman–Crippen LogP) is 6.35. The summed E-state index contributed by atoms with van der Waals surface area (Å²) in [5, 5.41) is 24.0. The summed E-state index contributed by atoms with van der Waals surface area (Å²) in [4.78, 5) is 24.1. The molecular weight excluding hydrogens is 489 g/mol. The van der Waals surface area contributed by atoms with Gasteiger partial charge in [0.1, 0.15) is 29.0 Å². The van der Waals surface area contributed by atoms with Crippen LogP contribution in [0.1, 0.15) is 42.5 Å². The number of fused-ring (bicyclic) bond motifs is 4. The number of phenolic OH excluding ortho intramolecular Hbond substituents is 2. The van der Waals surface area contributed by atoms with Gasteiger partial charge in [0, 0.05) is 11.1 Å². The SMILES string of the molecule is CC(=O)C(C(C)=O)c1c2ccccc2cc2ccccc12.Oc1ccccc1C1c2cccc(c2O)[N]1[Al]. The Kier molecular flexibility index (Phi) is 6.95. The topological polar surface area (TPSA) is 77.8 Å². The average molecular weight is 516 g/mol. The third-order valence-electron chi connectivity index (χ3n) is 7.04. The number of aromatic hydroxyl groups is 2. The summed E-state index contributed by atoms with van der Waals surface area (Å²) in [6, 6.07) is 30.6. The molecule has 5 aromatic carbocycles. The van der Waals surface area contributed by atoms with Crippen LogP contribution in [0.2, 0.25) is 0 Å². The number of hydrogen-bond acceptors (Lipinski definition) is 5. The number of hydrogen-bond donors (Lipinski definition) is 2. The Hall–Kier alpha value is -4.11. The Morgan fingerprint density at radius 2 is 1.26 bits per heavy atom. The van der Waals surface area contributed by atoms with Crippen LogP contribution < -0.4 is 3.88 Å². The molecule has 6 heteroatoms. The number of nitrogens with zero attached hydrogens (tertiary/aromatic N) is 1. The summed E-state index contributed by atoms with van der Waals surface area (Å²) in [6.45, 7) is 2.98. The summed E-state index contributed by atoms with van der Waals surface area (Å²) in [7, 11) is 0. The van der Waals surface area contributed by atoms with Crippen molar-refractivity contribution in [1.82, 2.24) is 0 Å². The third kappa shape index (κ3) is 4.43. The van der Waals surface area contributed by atoms with Gasteiger partial charge in [-0.3, -0.25) is 9.59 Å². The highest BCUT2D eigenvalue weighted by Crippen LogP contribution is 2.49. The van der Waals surface area contributed by atoms with Crippen molar-refractivity contribution in [1.29, 1.82) is 0 Å². The van der Waals surface area contributed by atoms with Crippen LogP contribution in [-0.2, 0) is 9.59 Å². The second-order valence-corrected chi connectivity index (χ2v) is 10.0. The first-order valence-electron chi connectivity index (χ1n) is 12.3. The first kappa shape index (κ1) is 25.5. The molecule has 2 N–H and O–H groups in total. The van der Waals surface area contributed by atoms with Crippen molar-refractivity contribution in [3.8, 4) is 11.5 Å². The van der Waals surface area contributed by atoms with Crippen molar-refractivity contribution in [2.75, 3.05) is 3.88 Å². The smallest absolute Gasteiger partial charge is 0.311 e. The summed E-state index contributed by atoms with van der Waals surface area (Å²) < 4.78 is 1.89. The van der Waals surface area contributed by atoms with Gasteiger partial charge >= 0.3 is 16.5 Å². The molecule has 0 amide bonds. The molecule has 0 fully saturated rings. The van der Waals surface area contributed by atoms with Crippen molar-refractivity contribution in [2.45, 2.75) is 25.8 Å². The van der Waals surface area contributed by atoms with Crippen molar-refractivity contribution in [3.63, 3.8) is 0 Å². The van der Waals surface area contributed by atoms with Crippen LogP contribution in [0.25, 0.3) is 21.5 Å². The zero-order chi connectivity index (χ0) is 27.0. The molecule has 0 saturated carbocycles. The molecule has 0 saturated heterocycles. The van der Waals surface area contributed by atoms with Crippen LogP contribution in [0.15, 0.2) is 97.1 Å². The molecule has 0 aliphatic carbocycles. The van der Waals surface area contributed by atoms with E-state index in [2.05, 4.69) is 22.6 Å². The third-order valence-corrected chi connectivity index (χ3v) is 7.62. The predicted molar refractivity (Wildman–Crippen MR) is 152 cm³/mol. The number of anilines is 1. The Balaban J connectivity index is 0.000000158. The van der Waals surface area contributed by atoms with E-state index in [1.807, 2.05) is 82.7 Å². The molecule has 1 aliphatic rings. The van der Waals surface area contributed by atoms with E-state index >= 15 is 0 Å². The molecule has 38 heavy (non-hydrogen) atoms. The number of carbonyl (C=O) groups is 2. The molecule has 1 atom stereocenters. The second kappa shape index (κ2) is 10.3. The highest BCUT2D eigenvalue weighted by atomic mass is 27.1. The van der Waals surface area contributed by atoms with E-state index < -0.39 is 5.92 Å². The molecule has 5 aromatic rings. The lowest BCUT2D eigenvalue weighted by Crippen LogP contribution is -2.21. The molecule has 2 radical (unpaired) electrons. The maximum Gasteiger partial charge on any atom is 0.311 e. The molecule has 1 unspecified atom stereocenters. The average Bonchev–Trinajstić information content (AvgIpc) is 3.02. The molecule has 6 rings (SSSR count). The van der Waals surface area contributed by atoms with E-state index in [0.717, 1.165) is 43.9 Å². The van der Waals surface area contributed by atoms with Gasteiger partial charge in [-0.1, -0.05) is 78.9 Å².